The second kappa shape index (κ2) is 9.38. The molecule has 1 aliphatic heterocycles. The third-order valence-electron chi connectivity index (χ3n) is 5.47. The minimum Gasteiger partial charge on any atom is -0.497 e. The zero-order chi connectivity index (χ0) is 23.7. The molecule has 1 aromatic heterocycles. The maximum Gasteiger partial charge on any atom is 0.229 e. The highest BCUT2D eigenvalue weighted by Gasteiger charge is 2.45. The van der Waals surface area contributed by atoms with Crippen LogP contribution in [0.25, 0.3) is 22.3 Å². The summed E-state index contributed by atoms with van der Waals surface area (Å²) in [5.41, 5.74) is 0.380. The first-order valence-corrected chi connectivity index (χ1v) is 10.1. The highest BCUT2D eigenvalue weighted by atomic mass is 16.7. The maximum absolute atomic E-state index is 13.0. The van der Waals surface area contributed by atoms with Crippen LogP contribution in [0, 0.1) is 0 Å². The largest absolute Gasteiger partial charge is 0.497 e. The summed E-state index contributed by atoms with van der Waals surface area (Å²) in [7, 11) is 2.97. The molecule has 0 spiro atoms. The topological polar surface area (TPSA) is 148 Å². The summed E-state index contributed by atoms with van der Waals surface area (Å²) in [5, 5.41) is 39.8. The summed E-state index contributed by atoms with van der Waals surface area (Å²) in [6.45, 7) is -0.614. The molecule has 0 saturated carbocycles. The molecule has 10 heteroatoms. The fourth-order valence-corrected chi connectivity index (χ4v) is 3.63. The maximum atomic E-state index is 13.0. The fraction of sp³-hybridized carbons (Fsp3) is 0.348. The van der Waals surface area contributed by atoms with Crippen molar-refractivity contribution in [1.29, 1.82) is 0 Å². The third kappa shape index (κ3) is 4.39. The first kappa shape index (κ1) is 23.0. The first-order valence-electron chi connectivity index (χ1n) is 10.1. The number of methoxy groups -OCH3 is 2. The Morgan fingerprint density at radius 1 is 0.909 bits per heavy atom. The number of benzene rings is 2. The van der Waals surface area contributed by atoms with Crippen LogP contribution in [0.5, 0.6) is 17.2 Å². The number of aliphatic hydroxyl groups excluding tert-OH is 4. The molecule has 4 rings (SSSR count). The zero-order valence-electron chi connectivity index (χ0n) is 17.9. The van der Waals surface area contributed by atoms with E-state index in [1.54, 1.807) is 31.4 Å². The second-order valence-electron chi connectivity index (χ2n) is 7.52. The quantitative estimate of drug-likeness (QED) is 0.413. The molecule has 2 aromatic carbocycles. The number of hydrogen-bond donors (Lipinski definition) is 4. The van der Waals surface area contributed by atoms with Gasteiger partial charge in [-0.05, 0) is 24.3 Å². The monoisotopic (exact) mass is 460 g/mol. The van der Waals surface area contributed by atoms with E-state index in [9.17, 15) is 25.2 Å². The standard InChI is InChI=1S/C23H24O10/c1-29-12-5-3-11(4-6-12)15-9-14(25)19-16(31-15)7-13(30-2)8-17(19)32-23-22(28)21(27)20(26)18(10-24)33-23/h3-9,18,20-24,26-28H,10H2,1-2H3/t18-,20-,21+,22-,23+/m1/s1. The van der Waals surface area contributed by atoms with E-state index < -0.39 is 42.7 Å². The highest BCUT2D eigenvalue weighted by Crippen LogP contribution is 2.34. The van der Waals surface area contributed by atoms with E-state index in [1.165, 1.54) is 25.3 Å². The van der Waals surface area contributed by atoms with Crippen LogP contribution in [0.4, 0.5) is 0 Å². The Kier molecular flexibility index (Phi) is 6.54. The Hall–Kier alpha value is -3.15. The van der Waals surface area contributed by atoms with Crippen molar-refractivity contribution in [2.45, 2.75) is 30.7 Å². The van der Waals surface area contributed by atoms with Gasteiger partial charge in [0.05, 0.1) is 20.8 Å². The number of rotatable bonds is 6. The van der Waals surface area contributed by atoms with E-state index in [4.69, 9.17) is 23.4 Å². The average Bonchev–Trinajstić information content (AvgIpc) is 2.83. The Morgan fingerprint density at radius 3 is 2.24 bits per heavy atom. The zero-order valence-corrected chi connectivity index (χ0v) is 17.9. The average molecular weight is 460 g/mol. The van der Waals surface area contributed by atoms with Gasteiger partial charge in [-0.15, -0.1) is 0 Å². The lowest BCUT2D eigenvalue weighted by atomic mass is 9.99. The predicted octanol–water partition coefficient (Wildman–Crippen LogP) is 0.656. The Morgan fingerprint density at radius 2 is 1.61 bits per heavy atom. The fourth-order valence-electron chi connectivity index (χ4n) is 3.63. The SMILES string of the molecule is COc1ccc(-c2cc(=O)c3c(O[C@H]4O[C@H](CO)[C@@H](O)[C@H](O)[C@H]4O)cc(OC)cc3o2)cc1. The smallest absolute Gasteiger partial charge is 0.229 e. The molecule has 10 nitrogen and oxygen atoms in total. The van der Waals surface area contributed by atoms with E-state index in [-0.39, 0.29) is 16.7 Å². The molecule has 0 aliphatic carbocycles. The van der Waals surface area contributed by atoms with Crippen molar-refractivity contribution >= 4 is 11.0 Å². The van der Waals surface area contributed by atoms with Gasteiger partial charge < -0.3 is 43.8 Å². The lowest BCUT2D eigenvalue weighted by Crippen LogP contribution is -2.60. The molecule has 3 aromatic rings. The van der Waals surface area contributed by atoms with Crippen molar-refractivity contribution in [2.24, 2.45) is 0 Å². The molecule has 1 fully saturated rings. The highest BCUT2D eigenvalue weighted by molar-refractivity contribution is 5.86. The van der Waals surface area contributed by atoms with E-state index >= 15 is 0 Å². The van der Waals surface area contributed by atoms with Crippen molar-refractivity contribution in [3.63, 3.8) is 0 Å². The molecule has 5 atom stereocenters. The first-order chi connectivity index (χ1) is 15.9. The molecule has 176 valence electrons. The van der Waals surface area contributed by atoms with Crippen LogP contribution in [0.1, 0.15) is 0 Å². The number of fused-ring (bicyclic) bond motifs is 1. The van der Waals surface area contributed by atoms with Crippen LogP contribution < -0.4 is 19.6 Å². The van der Waals surface area contributed by atoms with E-state index in [0.717, 1.165) is 0 Å². The van der Waals surface area contributed by atoms with Crippen LogP contribution in [-0.2, 0) is 4.74 Å². The molecule has 0 unspecified atom stereocenters. The van der Waals surface area contributed by atoms with Gasteiger partial charge >= 0.3 is 0 Å². The summed E-state index contributed by atoms with van der Waals surface area (Å²) in [6, 6.07) is 11.2. The molecule has 0 amide bonds. The summed E-state index contributed by atoms with van der Waals surface area (Å²) in [5.74, 6) is 1.24. The third-order valence-corrected chi connectivity index (χ3v) is 5.47. The van der Waals surface area contributed by atoms with Gasteiger partial charge in [-0.1, -0.05) is 0 Å². The van der Waals surface area contributed by atoms with Crippen molar-refractivity contribution in [3.8, 4) is 28.6 Å². The summed E-state index contributed by atoms with van der Waals surface area (Å²) < 4.78 is 27.5. The number of ether oxygens (including phenoxy) is 4. The Balaban J connectivity index is 1.76. The minimum atomic E-state index is -1.64. The van der Waals surface area contributed by atoms with Crippen molar-refractivity contribution in [1.82, 2.24) is 0 Å². The van der Waals surface area contributed by atoms with Crippen LogP contribution in [0.2, 0.25) is 0 Å². The number of aliphatic hydroxyl groups is 4. The van der Waals surface area contributed by atoms with Crippen LogP contribution in [-0.4, -0.2) is 72.0 Å². The predicted molar refractivity (Wildman–Crippen MR) is 115 cm³/mol. The van der Waals surface area contributed by atoms with Crippen molar-refractivity contribution in [2.75, 3.05) is 20.8 Å². The Bertz CT molecular complexity index is 1170. The molecule has 33 heavy (non-hydrogen) atoms. The van der Waals surface area contributed by atoms with Gasteiger partial charge in [0.1, 0.15) is 58.4 Å². The van der Waals surface area contributed by atoms with E-state index in [2.05, 4.69) is 0 Å². The molecule has 1 aliphatic rings. The van der Waals surface area contributed by atoms with Crippen LogP contribution in [0.3, 0.4) is 0 Å². The molecule has 1 saturated heterocycles. The molecule has 4 N–H and O–H groups in total. The van der Waals surface area contributed by atoms with Crippen LogP contribution in [0.15, 0.2) is 51.7 Å². The summed E-state index contributed by atoms with van der Waals surface area (Å²) >= 11 is 0. The van der Waals surface area contributed by atoms with Crippen molar-refractivity contribution in [3.05, 3.63) is 52.7 Å². The van der Waals surface area contributed by atoms with Gasteiger partial charge in [0.15, 0.2) is 5.43 Å². The summed E-state index contributed by atoms with van der Waals surface area (Å²) in [4.78, 5) is 13.0. The van der Waals surface area contributed by atoms with Gasteiger partial charge in [-0.2, -0.15) is 0 Å². The van der Waals surface area contributed by atoms with Crippen LogP contribution >= 0.6 is 0 Å². The molecular weight excluding hydrogens is 436 g/mol. The lowest BCUT2D eigenvalue weighted by Gasteiger charge is -2.39. The van der Waals surface area contributed by atoms with E-state index in [1.807, 2.05) is 0 Å². The van der Waals surface area contributed by atoms with Gasteiger partial charge in [0.25, 0.3) is 0 Å². The molecular formula is C23H24O10. The van der Waals surface area contributed by atoms with E-state index in [0.29, 0.717) is 22.8 Å². The number of hydrogen-bond acceptors (Lipinski definition) is 10. The van der Waals surface area contributed by atoms with Crippen molar-refractivity contribution < 1.29 is 43.8 Å². The molecule has 2 heterocycles. The lowest BCUT2D eigenvalue weighted by molar-refractivity contribution is -0.277. The Labute approximate surface area is 188 Å². The normalized spacial score (nSPS) is 25.1. The van der Waals surface area contributed by atoms with Gasteiger partial charge in [0, 0.05) is 23.8 Å². The second-order valence-corrected chi connectivity index (χ2v) is 7.52. The van der Waals surface area contributed by atoms with Gasteiger partial charge in [0.2, 0.25) is 6.29 Å². The molecule has 0 radical (unpaired) electrons. The van der Waals surface area contributed by atoms with Gasteiger partial charge in [-0.3, -0.25) is 4.79 Å². The summed E-state index contributed by atoms with van der Waals surface area (Å²) in [6.07, 6.45) is -7.45. The minimum absolute atomic E-state index is 0.0243. The van der Waals surface area contributed by atoms with Gasteiger partial charge in [-0.25, -0.2) is 0 Å². The molecule has 0 bridgehead atoms.